The zero-order valence-corrected chi connectivity index (χ0v) is 9.79. The van der Waals surface area contributed by atoms with Crippen molar-refractivity contribution in [1.82, 2.24) is 15.4 Å². The number of aromatic nitrogens is 3. The number of nitrogens with zero attached hydrogens (tertiary/aromatic N) is 2. The minimum atomic E-state index is -0.788. The molecule has 1 heterocycles. The predicted molar refractivity (Wildman–Crippen MR) is 62.7 cm³/mol. The summed E-state index contributed by atoms with van der Waals surface area (Å²) in [6.45, 7) is 3.92. The molecule has 1 aromatic carbocycles. The van der Waals surface area contributed by atoms with E-state index < -0.39 is 6.10 Å². The van der Waals surface area contributed by atoms with Crippen LogP contribution < -0.4 is 4.74 Å². The van der Waals surface area contributed by atoms with Crippen LogP contribution in [0.15, 0.2) is 30.5 Å². The highest BCUT2D eigenvalue weighted by Gasteiger charge is 2.13. The summed E-state index contributed by atoms with van der Waals surface area (Å²) in [6.07, 6.45) is 0.819. The van der Waals surface area contributed by atoms with Gasteiger partial charge in [-0.15, -0.1) is 0 Å². The first-order valence-corrected chi connectivity index (χ1v) is 5.47. The van der Waals surface area contributed by atoms with E-state index in [4.69, 9.17) is 4.74 Å². The van der Waals surface area contributed by atoms with Crippen LogP contribution in [-0.2, 0) is 0 Å². The lowest BCUT2D eigenvalue weighted by Gasteiger charge is -2.12. The normalized spacial score (nSPS) is 12.7. The molecule has 2 N–H and O–H groups in total. The highest BCUT2D eigenvalue weighted by Crippen LogP contribution is 2.23. The molecule has 0 aliphatic rings. The molecule has 90 valence electrons. The Morgan fingerprint density at radius 1 is 1.35 bits per heavy atom. The summed E-state index contributed by atoms with van der Waals surface area (Å²) in [5.74, 6) is 0.736. The molecule has 0 radical (unpaired) electrons. The highest BCUT2D eigenvalue weighted by atomic mass is 16.5. The average Bonchev–Trinajstić information content (AvgIpc) is 2.81. The Morgan fingerprint density at radius 3 is 2.82 bits per heavy atom. The molecule has 5 heteroatoms. The van der Waals surface area contributed by atoms with E-state index in [1.165, 1.54) is 6.20 Å². The molecule has 0 saturated heterocycles. The number of benzene rings is 1. The smallest absolute Gasteiger partial charge is 0.125 e. The number of hydrogen-bond acceptors (Lipinski definition) is 4. The van der Waals surface area contributed by atoms with Crippen LogP contribution in [0.5, 0.6) is 5.75 Å². The Balaban J connectivity index is 2.21. The molecule has 5 nitrogen and oxygen atoms in total. The molecule has 1 atom stereocenters. The van der Waals surface area contributed by atoms with Crippen LogP contribution >= 0.6 is 0 Å². The fourth-order valence-corrected chi connectivity index (χ4v) is 1.54. The summed E-state index contributed by atoms with van der Waals surface area (Å²) < 4.78 is 5.57. The van der Waals surface area contributed by atoms with E-state index in [0.717, 1.165) is 11.3 Å². The van der Waals surface area contributed by atoms with Crippen molar-refractivity contribution in [3.8, 4) is 5.75 Å². The fraction of sp³-hybridized carbons (Fsp3) is 0.333. The maximum Gasteiger partial charge on any atom is 0.125 e. The molecule has 0 amide bonds. The number of nitrogens with one attached hydrogen (secondary N) is 1. The first kappa shape index (κ1) is 11.6. The number of aromatic amines is 1. The SMILES string of the molecule is CC(C)Oc1cccc(C(O)c2cn[nH]n2)c1. The standard InChI is InChI=1S/C12H15N3O2/c1-8(2)17-10-5-3-4-9(6-10)12(16)11-7-13-15-14-11/h3-8,12,16H,1-2H3,(H,13,14,15). The third kappa shape index (κ3) is 2.82. The summed E-state index contributed by atoms with van der Waals surface area (Å²) >= 11 is 0. The van der Waals surface area contributed by atoms with Crippen LogP contribution in [0, 0.1) is 0 Å². The van der Waals surface area contributed by atoms with Crippen LogP contribution in [-0.4, -0.2) is 26.6 Å². The highest BCUT2D eigenvalue weighted by molar-refractivity contribution is 5.32. The van der Waals surface area contributed by atoms with Crippen molar-refractivity contribution in [1.29, 1.82) is 0 Å². The molecule has 1 unspecified atom stereocenters. The minimum absolute atomic E-state index is 0.106. The van der Waals surface area contributed by atoms with Gasteiger partial charge in [0.2, 0.25) is 0 Å². The van der Waals surface area contributed by atoms with Crippen LogP contribution in [0.3, 0.4) is 0 Å². The Labute approximate surface area is 99.4 Å². The van der Waals surface area contributed by atoms with Crippen molar-refractivity contribution >= 4 is 0 Å². The van der Waals surface area contributed by atoms with Gasteiger partial charge in [-0.25, -0.2) is 0 Å². The minimum Gasteiger partial charge on any atom is -0.491 e. The van der Waals surface area contributed by atoms with Crippen molar-refractivity contribution < 1.29 is 9.84 Å². The third-order valence-electron chi connectivity index (χ3n) is 2.26. The number of hydrogen-bond donors (Lipinski definition) is 2. The van der Waals surface area contributed by atoms with Gasteiger partial charge in [-0.1, -0.05) is 12.1 Å². The second-order valence-electron chi connectivity index (χ2n) is 4.04. The van der Waals surface area contributed by atoms with E-state index >= 15 is 0 Å². The molecule has 1 aromatic heterocycles. The maximum absolute atomic E-state index is 10.1. The van der Waals surface area contributed by atoms with E-state index in [1.807, 2.05) is 32.0 Å². The first-order valence-electron chi connectivity index (χ1n) is 5.47. The summed E-state index contributed by atoms with van der Waals surface area (Å²) in [7, 11) is 0. The van der Waals surface area contributed by atoms with Crippen LogP contribution in [0.4, 0.5) is 0 Å². The van der Waals surface area contributed by atoms with Gasteiger partial charge in [0.25, 0.3) is 0 Å². The third-order valence-corrected chi connectivity index (χ3v) is 2.26. The van der Waals surface area contributed by atoms with Crippen LogP contribution in [0.25, 0.3) is 0 Å². The Bertz CT molecular complexity index is 468. The van der Waals surface area contributed by atoms with E-state index in [9.17, 15) is 5.11 Å². The van der Waals surface area contributed by atoms with E-state index in [2.05, 4.69) is 15.4 Å². The summed E-state index contributed by atoms with van der Waals surface area (Å²) in [6, 6.07) is 7.33. The Morgan fingerprint density at radius 2 is 2.18 bits per heavy atom. The lowest BCUT2D eigenvalue weighted by atomic mass is 10.1. The quantitative estimate of drug-likeness (QED) is 0.842. The Kier molecular flexibility index (Phi) is 3.39. The molecule has 0 bridgehead atoms. The van der Waals surface area contributed by atoms with Gasteiger partial charge >= 0.3 is 0 Å². The molecule has 2 rings (SSSR count). The van der Waals surface area contributed by atoms with Crippen molar-refractivity contribution in [2.24, 2.45) is 0 Å². The molecule has 2 aromatic rings. The van der Waals surface area contributed by atoms with Crippen LogP contribution in [0.1, 0.15) is 31.2 Å². The number of rotatable bonds is 4. The van der Waals surface area contributed by atoms with Gasteiger partial charge in [-0.3, -0.25) is 0 Å². The molecule has 0 spiro atoms. The van der Waals surface area contributed by atoms with E-state index in [-0.39, 0.29) is 6.10 Å². The number of H-pyrrole nitrogens is 1. The van der Waals surface area contributed by atoms with Crippen molar-refractivity contribution in [2.45, 2.75) is 26.1 Å². The van der Waals surface area contributed by atoms with Gasteiger partial charge in [0, 0.05) is 0 Å². The summed E-state index contributed by atoms with van der Waals surface area (Å²) in [5, 5.41) is 20.1. The second kappa shape index (κ2) is 4.97. The number of ether oxygens (including phenoxy) is 1. The summed E-state index contributed by atoms with van der Waals surface area (Å²) in [4.78, 5) is 0. The monoisotopic (exact) mass is 233 g/mol. The zero-order valence-electron chi connectivity index (χ0n) is 9.79. The molecular formula is C12H15N3O2. The average molecular weight is 233 g/mol. The first-order chi connectivity index (χ1) is 8.16. The molecule has 17 heavy (non-hydrogen) atoms. The Hall–Kier alpha value is -1.88. The molecular weight excluding hydrogens is 218 g/mol. The second-order valence-corrected chi connectivity index (χ2v) is 4.04. The number of aliphatic hydroxyl groups is 1. The van der Waals surface area contributed by atoms with Gasteiger partial charge in [0.05, 0.1) is 12.3 Å². The van der Waals surface area contributed by atoms with Gasteiger partial charge < -0.3 is 9.84 Å². The van der Waals surface area contributed by atoms with Gasteiger partial charge in [-0.05, 0) is 31.5 Å². The van der Waals surface area contributed by atoms with Crippen molar-refractivity contribution in [2.75, 3.05) is 0 Å². The van der Waals surface area contributed by atoms with Crippen molar-refractivity contribution in [3.05, 3.63) is 41.7 Å². The molecule has 0 fully saturated rings. The van der Waals surface area contributed by atoms with Crippen molar-refractivity contribution in [3.63, 3.8) is 0 Å². The zero-order chi connectivity index (χ0) is 12.3. The fourth-order valence-electron chi connectivity index (χ4n) is 1.54. The lowest BCUT2D eigenvalue weighted by molar-refractivity contribution is 0.212. The topological polar surface area (TPSA) is 71.0 Å². The van der Waals surface area contributed by atoms with Crippen LogP contribution in [0.2, 0.25) is 0 Å². The largest absolute Gasteiger partial charge is 0.491 e. The van der Waals surface area contributed by atoms with E-state index in [1.54, 1.807) is 6.07 Å². The molecule has 0 saturated carbocycles. The number of aliphatic hydroxyl groups excluding tert-OH is 1. The van der Waals surface area contributed by atoms with E-state index in [0.29, 0.717) is 5.69 Å². The van der Waals surface area contributed by atoms with Gasteiger partial charge in [0.15, 0.2) is 0 Å². The van der Waals surface area contributed by atoms with Gasteiger partial charge in [0.1, 0.15) is 17.5 Å². The summed E-state index contributed by atoms with van der Waals surface area (Å²) in [5.41, 5.74) is 1.23. The lowest BCUT2D eigenvalue weighted by Crippen LogP contribution is -2.06. The molecule has 0 aliphatic heterocycles. The van der Waals surface area contributed by atoms with Gasteiger partial charge in [-0.2, -0.15) is 15.4 Å². The predicted octanol–water partition coefficient (Wildman–Crippen LogP) is 1.67. The molecule has 0 aliphatic carbocycles. The maximum atomic E-state index is 10.1.